The topological polar surface area (TPSA) is 24.5 Å². The minimum atomic E-state index is 0.839. The summed E-state index contributed by atoms with van der Waals surface area (Å²) in [6.07, 6.45) is 0. The Balaban J connectivity index is 3.22. The van der Waals surface area contributed by atoms with Crippen LogP contribution in [0.4, 0.5) is 5.69 Å². The molecular weight excluding hydrogens is 200 g/mol. The normalized spacial score (nSPS) is 10.4. The molecule has 0 heterocycles. The maximum atomic E-state index is 5.42. The number of nitrogens with one attached hydrogen (secondary N) is 1. The van der Waals surface area contributed by atoms with Gasteiger partial charge in [0.25, 0.3) is 0 Å². The van der Waals surface area contributed by atoms with Gasteiger partial charge in [-0.2, -0.15) is 0 Å². The average molecular weight is 222 g/mol. The van der Waals surface area contributed by atoms with Gasteiger partial charge in [0.05, 0.1) is 13.8 Å². The van der Waals surface area contributed by atoms with Crippen molar-refractivity contribution in [3.63, 3.8) is 0 Å². The van der Waals surface area contributed by atoms with Crippen LogP contribution in [0.1, 0.15) is 16.7 Å². The Labute approximate surface area is 98.4 Å². The molecule has 0 spiro atoms. The van der Waals surface area contributed by atoms with E-state index in [1.54, 1.807) is 7.11 Å². The van der Waals surface area contributed by atoms with Crippen molar-refractivity contribution >= 4 is 5.69 Å². The van der Waals surface area contributed by atoms with Gasteiger partial charge in [-0.05, 0) is 50.6 Å². The molecule has 3 heteroatoms. The smallest absolute Gasteiger partial charge is 0.125 e. The molecule has 0 bridgehead atoms. The van der Waals surface area contributed by atoms with E-state index in [4.69, 9.17) is 4.74 Å². The molecule has 16 heavy (non-hydrogen) atoms. The first kappa shape index (κ1) is 12.8. The first-order valence-electron chi connectivity index (χ1n) is 5.53. The van der Waals surface area contributed by atoms with Crippen molar-refractivity contribution in [3.05, 3.63) is 22.8 Å². The summed E-state index contributed by atoms with van der Waals surface area (Å²) in [5.41, 5.74) is 4.94. The van der Waals surface area contributed by atoms with Gasteiger partial charge in [0.1, 0.15) is 5.75 Å². The van der Waals surface area contributed by atoms with Crippen LogP contribution in [0.5, 0.6) is 5.75 Å². The van der Waals surface area contributed by atoms with Gasteiger partial charge in [-0.1, -0.05) is 0 Å². The van der Waals surface area contributed by atoms with Crippen molar-refractivity contribution in [2.24, 2.45) is 0 Å². The number of rotatable bonds is 4. The van der Waals surface area contributed by atoms with Crippen molar-refractivity contribution in [2.75, 3.05) is 32.8 Å². The van der Waals surface area contributed by atoms with Crippen LogP contribution < -0.4 is 15.0 Å². The molecule has 1 aromatic carbocycles. The highest BCUT2D eigenvalue weighted by Gasteiger charge is 2.12. The lowest BCUT2D eigenvalue weighted by atomic mass is 10.0. The molecule has 1 aromatic rings. The van der Waals surface area contributed by atoms with Crippen LogP contribution in [0, 0.1) is 20.8 Å². The van der Waals surface area contributed by atoms with Gasteiger partial charge in [0, 0.05) is 12.7 Å². The number of nitrogens with zero attached hydrogens (tertiary/aromatic N) is 1. The lowest BCUT2D eigenvalue weighted by Crippen LogP contribution is -2.29. The van der Waals surface area contributed by atoms with E-state index in [1.165, 1.54) is 22.4 Å². The van der Waals surface area contributed by atoms with Gasteiger partial charge in [-0.3, -0.25) is 0 Å². The molecule has 0 radical (unpaired) electrons. The molecule has 0 fully saturated rings. The van der Waals surface area contributed by atoms with Crippen molar-refractivity contribution < 1.29 is 4.74 Å². The van der Waals surface area contributed by atoms with Crippen molar-refractivity contribution in [3.8, 4) is 5.75 Å². The minimum absolute atomic E-state index is 0.839. The third-order valence-corrected chi connectivity index (χ3v) is 3.01. The highest BCUT2D eigenvalue weighted by atomic mass is 16.5. The predicted octanol–water partition coefficient (Wildman–Crippen LogP) is 2.23. The molecule has 3 nitrogen and oxygen atoms in total. The van der Waals surface area contributed by atoms with E-state index in [0.29, 0.717) is 0 Å². The van der Waals surface area contributed by atoms with Crippen LogP contribution in [-0.2, 0) is 0 Å². The summed E-state index contributed by atoms with van der Waals surface area (Å²) in [4.78, 5) is 2.20. The van der Waals surface area contributed by atoms with Crippen LogP contribution in [0.25, 0.3) is 0 Å². The maximum absolute atomic E-state index is 5.42. The summed E-state index contributed by atoms with van der Waals surface area (Å²) in [6.45, 7) is 7.17. The number of methoxy groups -OCH3 is 1. The monoisotopic (exact) mass is 222 g/mol. The Morgan fingerprint density at radius 2 is 1.88 bits per heavy atom. The second-order valence-corrected chi connectivity index (χ2v) is 4.21. The van der Waals surface area contributed by atoms with Crippen LogP contribution >= 0.6 is 0 Å². The predicted molar refractivity (Wildman–Crippen MR) is 69.5 cm³/mol. The van der Waals surface area contributed by atoms with Crippen LogP contribution in [0.3, 0.4) is 0 Å². The second kappa shape index (κ2) is 5.21. The Morgan fingerprint density at radius 3 is 2.38 bits per heavy atom. The maximum Gasteiger partial charge on any atom is 0.125 e. The Hall–Kier alpha value is -1.22. The quantitative estimate of drug-likeness (QED) is 0.791. The average Bonchev–Trinajstić information content (AvgIpc) is 2.24. The third kappa shape index (κ3) is 2.30. The zero-order valence-corrected chi connectivity index (χ0v) is 11.1. The fraction of sp³-hybridized carbons (Fsp3) is 0.538. The van der Waals surface area contributed by atoms with Crippen LogP contribution in [0.2, 0.25) is 0 Å². The Morgan fingerprint density at radius 1 is 1.25 bits per heavy atom. The second-order valence-electron chi connectivity index (χ2n) is 4.21. The molecule has 1 rings (SSSR count). The fourth-order valence-electron chi connectivity index (χ4n) is 2.07. The fourth-order valence-corrected chi connectivity index (χ4v) is 2.07. The standard InChI is InChI=1S/C13H22N2O/c1-9-7-12(15(5)8-14-4)10(2)11(3)13(9)16-6/h7,14H,8H2,1-6H3. The summed E-state index contributed by atoms with van der Waals surface area (Å²) in [7, 11) is 5.77. The zero-order chi connectivity index (χ0) is 12.3. The van der Waals surface area contributed by atoms with Gasteiger partial charge in [0.15, 0.2) is 0 Å². The highest BCUT2D eigenvalue weighted by Crippen LogP contribution is 2.32. The van der Waals surface area contributed by atoms with E-state index >= 15 is 0 Å². The van der Waals surface area contributed by atoms with E-state index in [2.05, 4.69) is 44.1 Å². The molecule has 0 saturated heterocycles. The number of hydrogen-bond acceptors (Lipinski definition) is 3. The summed E-state index contributed by atoms with van der Waals surface area (Å²) < 4.78 is 5.42. The number of ether oxygens (including phenoxy) is 1. The first-order chi connectivity index (χ1) is 7.52. The van der Waals surface area contributed by atoms with E-state index in [9.17, 15) is 0 Å². The molecular formula is C13H22N2O. The van der Waals surface area contributed by atoms with Crippen molar-refractivity contribution in [2.45, 2.75) is 20.8 Å². The van der Waals surface area contributed by atoms with Crippen LogP contribution in [-0.4, -0.2) is 27.9 Å². The van der Waals surface area contributed by atoms with E-state index < -0.39 is 0 Å². The lowest BCUT2D eigenvalue weighted by Gasteiger charge is -2.24. The van der Waals surface area contributed by atoms with Crippen LogP contribution in [0.15, 0.2) is 6.07 Å². The summed E-state index contributed by atoms with van der Waals surface area (Å²) in [5, 5.41) is 3.16. The van der Waals surface area contributed by atoms with Crippen molar-refractivity contribution in [1.29, 1.82) is 0 Å². The number of hydrogen-bond donors (Lipinski definition) is 1. The van der Waals surface area contributed by atoms with Gasteiger partial charge >= 0.3 is 0 Å². The summed E-state index contributed by atoms with van der Waals surface area (Å²) in [6, 6.07) is 2.18. The minimum Gasteiger partial charge on any atom is -0.496 e. The SMILES string of the molecule is CNCN(C)c1cc(C)c(OC)c(C)c1C. The molecule has 0 aliphatic heterocycles. The molecule has 0 saturated carbocycles. The molecule has 1 N–H and O–H groups in total. The molecule has 90 valence electrons. The Bertz CT molecular complexity index is 375. The molecule has 0 aliphatic carbocycles. The number of anilines is 1. The largest absolute Gasteiger partial charge is 0.496 e. The number of benzene rings is 1. The summed E-state index contributed by atoms with van der Waals surface area (Å²) in [5.74, 6) is 0.999. The third-order valence-electron chi connectivity index (χ3n) is 3.01. The van der Waals surface area contributed by atoms with Gasteiger partial charge < -0.3 is 15.0 Å². The Kier molecular flexibility index (Phi) is 4.19. The van der Waals surface area contributed by atoms with E-state index in [0.717, 1.165) is 12.4 Å². The molecule has 0 aromatic heterocycles. The van der Waals surface area contributed by atoms with Gasteiger partial charge in [-0.15, -0.1) is 0 Å². The highest BCUT2D eigenvalue weighted by molar-refractivity contribution is 5.62. The molecule has 0 atom stereocenters. The lowest BCUT2D eigenvalue weighted by molar-refractivity contribution is 0.408. The van der Waals surface area contributed by atoms with E-state index in [1.807, 2.05) is 7.05 Å². The first-order valence-corrected chi connectivity index (χ1v) is 5.53. The summed E-state index contributed by atoms with van der Waals surface area (Å²) >= 11 is 0. The van der Waals surface area contributed by atoms with E-state index in [-0.39, 0.29) is 0 Å². The zero-order valence-electron chi connectivity index (χ0n) is 11.1. The van der Waals surface area contributed by atoms with Gasteiger partial charge in [0.2, 0.25) is 0 Å². The molecule has 0 amide bonds. The van der Waals surface area contributed by atoms with Crippen molar-refractivity contribution in [1.82, 2.24) is 5.32 Å². The van der Waals surface area contributed by atoms with Gasteiger partial charge in [-0.25, -0.2) is 0 Å². The number of aryl methyl sites for hydroxylation is 1. The molecule has 0 aliphatic rings. The molecule has 0 unspecified atom stereocenters.